The molecule has 1 fully saturated rings. The highest BCUT2D eigenvalue weighted by molar-refractivity contribution is 6.04. The minimum atomic E-state index is -0.922. The van der Waals surface area contributed by atoms with E-state index >= 15 is 0 Å². The van der Waals surface area contributed by atoms with Crippen LogP contribution in [0.3, 0.4) is 0 Å². The van der Waals surface area contributed by atoms with E-state index < -0.39 is 17.5 Å². The van der Waals surface area contributed by atoms with Gasteiger partial charge in [0.1, 0.15) is 17.4 Å². The predicted molar refractivity (Wildman–Crippen MR) is 104 cm³/mol. The lowest BCUT2D eigenvalue weighted by Crippen LogP contribution is -2.42. The molecule has 2 aliphatic rings. The molecule has 29 heavy (non-hydrogen) atoms. The summed E-state index contributed by atoms with van der Waals surface area (Å²) in [6.45, 7) is 0.406. The van der Waals surface area contributed by atoms with Crippen molar-refractivity contribution < 1.29 is 23.1 Å². The van der Waals surface area contributed by atoms with Crippen LogP contribution in [0.5, 0.6) is 5.75 Å². The molecular weight excluding hydrogens is 378 g/mol. The summed E-state index contributed by atoms with van der Waals surface area (Å²) in [5.41, 5.74) is 1.01. The highest BCUT2D eigenvalue weighted by atomic mass is 19.1. The van der Waals surface area contributed by atoms with Crippen molar-refractivity contribution >= 4 is 17.5 Å². The van der Waals surface area contributed by atoms with Gasteiger partial charge in [-0.3, -0.25) is 9.59 Å². The summed E-state index contributed by atoms with van der Waals surface area (Å²) in [5.74, 6) is -1.77. The molecule has 0 unspecified atom stereocenters. The van der Waals surface area contributed by atoms with Crippen LogP contribution in [0.1, 0.15) is 48.0 Å². The lowest BCUT2D eigenvalue weighted by atomic mass is 9.93. The third kappa shape index (κ3) is 4.23. The summed E-state index contributed by atoms with van der Waals surface area (Å²) < 4.78 is 32.6. The van der Waals surface area contributed by atoms with E-state index in [2.05, 4.69) is 5.32 Å². The van der Waals surface area contributed by atoms with Crippen LogP contribution in [0.4, 0.5) is 14.5 Å². The van der Waals surface area contributed by atoms with Crippen molar-refractivity contribution in [3.63, 3.8) is 0 Å². The number of benzene rings is 2. The number of nitrogens with zero attached hydrogens (tertiary/aromatic N) is 1. The molecule has 0 aromatic heterocycles. The summed E-state index contributed by atoms with van der Waals surface area (Å²) in [7, 11) is 0. The van der Waals surface area contributed by atoms with E-state index in [9.17, 15) is 18.4 Å². The topological polar surface area (TPSA) is 58.6 Å². The van der Waals surface area contributed by atoms with Gasteiger partial charge in [0, 0.05) is 29.9 Å². The Morgan fingerprint density at radius 1 is 1.07 bits per heavy atom. The number of halogens is 2. The SMILES string of the molecule is O=C(Nc1ccc2c(c1)CN(C1CCCCC1)C(=O)CO2)c1ccc(F)cc1F. The van der Waals surface area contributed by atoms with E-state index in [-0.39, 0.29) is 24.1 Å². The Morgan fingerprint density at radius 3 is 2.62 bits per heavy atom. The third-order valence-electron chi connectivity index (χ3n) is 5.52. The minimum Gasteiger partial charge on any atom is -0.483 e. The van der Waals surface area contributed by atoms with E-state index in [0.717, 1.165) is 43.4 Å². The molecule has 0 atom stereocenters. The number of anilines is 1. The Kier molecular flexibility index (Phi) is 5.47. The van der Waals surface area contributed by atoms with E-state index in [0.29, 0.717) is 24.0 Å². The number of hydrogen-bond acceptors (Lipinski definition) is 3. The first-order valence-corrected chi connectivity index (χ1v) is 9.83. The fourth-order valence-electron chi connectivity index (χ4n) is 4.01. The number of rotatable bonds is 3. The Labute approximate surface area is 167 Å². The van der Waals surface area contributed by atoms with Crippen LogP contribution in [-0.4, -0.2) is 29.4 Å². The number of amides is 2. The number of ether oxygens (including phenoxy) is 1. The Hall–Kier alpha value is -2.96. The maximum Gasteiger partial charge on any atom is 0.261 e. The van der Waals surface area contributed by atoms with Gasteiger partial charge < -0.3 is 15.0 Å². The Bertz CT molecular complexity index is 942. The third-order valence-corrected chi connectivity index (χ3v) is 5.52. The molecule has 1 aliphatic heterocycles. The molecule has 0 spiro atoms. The van der Waals surface area contributed by atoms with E-state index in [4.69, 9.17) is 4.74 Å². The lowest BCUT2D eigenvalue weighted by molar-refractivity contribution is -0.136. The second-order valence-electron chi connectivity index (χ2n) is 7.50. The van der Waals surface area contributed by atoms with Crippen molar-refractivity contribution in [2.45, 2.75) is 44.7 Å². The number of hydrogen-bond donors (Lipinski definition) is 1. The summed E-state index contributed by atoms with van der Waals surface area (Å²) in [6.07, 6.45) is 5.40. The second kappa shape index (κ2) is 8.19. The van der Waals surface area contributed by atoms with E-state index in [1.807, 2.05) is 4.90 Å². The molecule has 0 bridgehead atoms. The van der Waals surface area contributed by atoms with Crippen LogP contribution in [0, 0.1) is 11.6 Å². The van der Waals surface area contributed by atoms with Gasteiger partial charge in [0.05, 0.1) is 5.56 Å². The van der Waals surface area contributed by atoms with Crippen molar-refractivity contribution in [2.24, 2.45) is 0 Å². The zero-order valence-electron chi connectivity index (χ0n) is 15.9. The highest BCUT2D eigenvalue weighted by Crippen LogP contribution is 2.31. The first-order valence-electron chi connectivity index (χ1n) is 9.83. The van der Waals surface area contributed by atoms with Gasteiger partial charge in [0.15, 0.2) is 6.61 Å². The molecule has 2 amide bonds. The normalized spacial score (nSPS) is 17.3. The van der Waals surface area contributed by atoms with Gasteiger partial charge >= 0.3 is 0 Å². The molecule has 5 nitrogen and oxygen atoms in total. The first kappa shape index (κ1) is 19.4. The van der Waals surface area contributed by atoms with Gasteiger partial charge in [-0.25, -0.2) is 8.78 Å². The lowest BCUT2D eigenvalue weighted by Gasteiger charge is -2.33. The first-order chi connectivity index (χ1) is 14.0. The van der Waals surface area contributed by atoms with Crippen LogP contribution in [0.25, 0.3) is 0 Å². The summed E-state index contributed by atoms with van der Waals surface area (Å²) in [5, 5.41) is 2.63. The second-order valence-corrected chi connectivity index (χ2v) is 7.50. The fraction of sp³-hybridized carbons (Fsp3) is 0.364. The Morgan fingerprint density at radius 2 is 1.86 bits per heavy atom. The van der Waals surface area contributed by atoms with Crippen LogP contribution in [-0.2, 0) is 11.3 Å². The van der Waals surface area contributed by atoms with Crippen molar-refractivity contribution in [3.8, 4) is 5.75 Å². The summed E-state index contributed by atoms with van der Waals surface area (Å²) in [6, 6.07) is 8.10. The van der Waals surface area contributed by atoms with E-state index in [1.54, 1.807) is 18.2 Å². The molecule has 7 heteroatoms. The van der Waals surface area contributed by atoms with Crippen LogP contribution < -0.4 is 10.1 Å². The monoisotopic (exact) mass is 400 g/mol. The fourth-order valence-corrected chi connectivity index (χ4v) is 4.01. The molecule has 0 radical (unpaired) electrons. The average molecular weight is 400 g/mol. The van der Waals surface area contributed by atoms with Crippen LogP contribution >= 0.6 is 0 Å². The summed E-state index contributed by atoms with van der Waals surface area (Å²) in [4.78, 5) is 26.8. The van der Waals surface area contributed by atoms with Gasteiger partial charge in [0.25, 0.3) is 11.8 Å². The number of nitrogens with one attached hydrogen (secondary N) is 1. The maximum absolute atomic E-state index is 13.9. The molecular formula is C22H22F2N2O3. The molecule has 4 rings (SSSR count). The van der Waals surface area contributed by atoms with Crippen molar-refractivity contribution in [3.05, 3.63) is 59.2 Å². The molecule has 1 aliphatic carbocycles. The van der Waals surface area contributed by atoms with Gasteiger partial charge in [-0.1, -0.05) is 19.3 Å². The number of fused-ring (bicyclic) bond motifs is 1. The maximum atomic E-state index is 13.9. The molecule has 1 saturated carbocycles. The highest BCUT2D eigenvalue weighted by Gasteiger charge is 2.29. The zero-order chi connectivity index (χ0) is 20.4. The molecule has 0 saturated heterocycles. The van der Waals surface area contributed by atoms with Crippen molar-refractivity contribution in [2.75, 3.05) is 11.9 Å². The van der Waals surface area contributed by atoms with Crippen LogP contribution in [0.2, 0.25) is 0 Å². The van der Waals surface area contributed by atoms with E-state index in [1.165, 1.54) is 6.42 Å². The Balaban J connectivity index is 1.54. The summed E-state index contributed by atoms with van der Waals surface area (Å²) >= 11 is 0. The smallest absolute Gasteiger partial charge is 0.261 e. The standard InChI is InChI=1S/C22H22F2N2O3/c23-15-6-8-18(19(24)11-15)22(28)25-16-7-9-20-14(10-16)12-26(21(27)13-29-20)17-4-2-1-3-5-17/h6-11,17H,1-5,12-13H2,(H,25,28). The quantitative estimate of drug-likeness (QED) is 0.837. The number of carbonyl (C=O) groups excluding carboxylic acids is 2. The van der Waals surface area contributed by atoms with Gasteiger partial charge in [-0.05, 0) is 43.2 Å². The van der Waals surface area contributed by atoms with Gasteiger partial charge in [-0.15, -0.1) is 0 Å². The van der Waals surface area contributed by atoms with Gasteiger partial charge in [0.2, 0.25) is 0 Å². The van der Waals surface area contributed by atoms with Gasteiger partial charge in [-0.2, -0.15) is 0 Å². The molecule has 1 N–H and O–H groups in total. The molecule has 1 heterocycles. The minimum absolute atomic E-state index is 0.00397. The van der Waals surface area contributed by atoms with Crippen LogP contribution in [0.15, 0.2) is 36.4 Å². The average Bonchev–Trinajstić information content (AvgIpc) is 2.87. The largest absolute Gasteiger partial charge is 0.483 e. The molecule has 152 valence electrons. The molecule has 2 aromatic carbocycles. The molecule has 2 aromatic rings. The van der Waals surface area contributed by atoms with Crippen molar-refractivity contribution in [1.29, 1.82) is 0 Å². The van der Waals surface area contributed by atoms with Crippen molar-refractivity contribution in [1.82, 2.24) is 4.90 Å². The number of carbonyl (C=O) groups is 2. The predicted octanol–water partition coefficient (Wildman–Crippen LogP) is 4.27. The zero-order valence-corrected chi connectivity index (χ0v) is 15.9.